The van der Waals surface area contributed by atoms with E-state index in [1.54, 1.807) is 12.1 Å². The summed E-state index contributed by atoms with van der Waals surface area (Å²) in [6.07, 6.45) is 0.184. The molecule has 23 heavy (non-hydrogen) atoms. The number of sulfonamides is 1. The highest BCUT2D eigenvalue weighted by molar-refractivity contribution is 7.90. The number of ether oxygens (including phenoxy) is 1. The van der Waals surface area contributed by atoms with Crippen molar-refractivity contribution in [1.29, 1.82) is 0 Å². The van der Waals surface area contributed by atoms with E-state index in [0.717, 1.165) is 0 Å². The molecule has 0 fully saturated rings. The largest absolute Gasteiger partial charge is 0.497 e. The molecule has 0 saturated carbocycles. The maximum atomic E-state index is 13.0. The molecular weight excluding hydrogens is 321 g/mol. The molecule has 1 N–H and O–H groups in total. The molecule has 2 rings (SSSR count). The average Bonchev–Trinajstić information content (AvgIpc) is 2.53. The number of carbonyl (C=O) groups excluding carboxylic acids is 1. The third-order valence-electron chi connectivity index (χ3n) is 3.13. The summed E-state index contributed by atoms with van der Waals surface area (Å²) in [7, 11) is -2.54. The molecule has 0 aromatic heterocycles. The standard InChI is InChI=1S/C16H16FNO4S/c1-22-14-6-3-7-15(11-14)23(20,21)18-16(19)9-8-12-4-2-5-13(17)10-12/h2-7,10-11H,8-9H2,1H3,(H,18,19). The van der Waals surface area contributed by atoms with Crippen molar-refractivity contribution in [3.63, 3.8) is 0 Å². The van der Waals surface area contributed by atoms with Crippen LogP contribution in [0.15, 0.2) is 53.4 Å². The summed E-state index contributed by atoms with van der Waals surface area (Å²) < 4.78 is 44.3. The van der Waals surface area contributed by atoms with Gasteiger partial charge in [0.2, 0.25) is 5.91 Å². The lowest BCUT2D eigenvalue weighted by molar-refractivity contribution is -0.119. The van der Waals surface area contributed by atoms with Crippen LogP contribution in [-0.4, -0.2) is 21.4 Å². The minimum Gasteiger partial charge on any atom is -0.497 e. The molecule has 0 aliphatic heterocycles. The number of carbonyl (C=O) groups is 1. The first-order chi connectivity index (χ1) is 10.9. The fourth-order valence-electron chi connectivity index (χ4n) is 1.98. The number of nitrogens with one attached hydrogen (secondary N) is 1. The number of rotatable bonds is 6. The van der Waals surface area contributed by atoms with Crippen molar-refractivity contribution >= 4 is 15.9 Å². The van der Waals surface area contributed by atoms with Crippen LogP contribution in [0.3, 0.4) is 0 Å². The van der Waals surface area contributed by atoms with Crippen LogP contribution in [0.25, 0.3) is 0 Å². The number of halogens is 1. The summed E-state index contributed by atoms with van der Waals surface area (Å²) in [6, 6.07) is 11.6. The number of methoxy groups -OCH3 is 1. The molecule has 0 aliphatic carbocycles. The van der Waals surface area contributed by atoms with E-state index in [-0.39, 0.29) is 17.7 Å². The topological polar surface area (TPSA) is 72.5 Å². The van der Waals surface area contributed by atoms with Crippen LogP contribution < -0.4 is 9.46 Å². The van der Waals surface area contributed by atoms with Crippen molar-refractivity contribution in [2.45, 2.75) is 17.7 Å². The molecule has 0 unspecified atom stereocenters. The predicted molar refractivity (Wildman–Crippen MR) is 83.0 cm³/mol. The van der Waals surface area contributed by atoms with E-state index < -0.39 is 21.7 Å². The number of benzene rings is 2. The smallest absolute Gasteiger partial charge is 0.264 e. The van der Waals surface area contributed by atoms with Gasteiger partial charge in [-0.2, -0.15) is 0 Å². The molecule has 0 aliphatic rings. The van der Waals surface area contributed by atoms with Crippen molar-refractivity contribution in [1.82, 2.24) is 4.72 Å². The highest BCUT2D eigenvalue weighted by Crippen LogP contribution is 2.17. The van der Waals surface area contributed by atoms with Gasteiger partial charge < -0.3 is 4.74 Å². The fourth-order valence-corrected chi connectivity index (χ4v) is 3.03. The van der Waals surface area contributed by atoms with Crippen LogP contribution in [0.4, 0.5) is 4.39 Å². The van der Waals surface area contributed by atoms with E-state index in [4.69, 9.17) is 4.74 Å². The molecule has 1 amide bonds. The summed E-state index contributed by atoms with van der Waals surface area (Å²) in [5.74, 6) is -0.677. The Kier molecular flexibility index (Phi) is 5.33. The first-order valence-corrected chi connectivity index (χ1v) is 8.33. The van der Waals surface area contributed by atoms with Gasteiger partial charge in [-0.3, -0.25) is 4.79 Å². The van der Waals surface area contributed by atoms with Gasteiger partial charge in [0, 0.05) is 12.5 Å². The summed E-state index contributed by atoms with van der Waals surface area (Å²) in [5, 5.41) is 0. The van der Waals surface area contributed by atoms with Gasteiger partial charge in [0.25, 0.3) is 10.0 Å². The maximum absolute atomic E-state index is 13.0. The van der Waals surface area contributed by atoms with E-state index in [9.17, 15) is 17.6 Å². The zero-order chi connectivity index (χ0) is 16.9. The lowest BCUT2D eigenvalue weighted by Gasteiger charge is -2.08. The van der Waals surface area contributed by atoms with Crippen LogP contribution >= 0.6 is 0 Å². The zero-order valence-electron chi connectivity index (χ0n) is 12.5. The molecule has 0 spiro atoms. The first-order valence-electron chi connectivity index (χ1n) is 6.85. The van der Waals surface area contributed by atoms with Crippen molar-refractivity contribution in [2.75, 3.05) is 7.11 Å². The van der Waals surface area contributed by atoms with Gasteiger partial charge in [0.15, 0.2) is 0 Å². The number of aryl methyl sites for hydroxylation is 1. The molecule has 0 saturated heterocycles. The third-order valence-corrected chi connectivity index (χ3v) is 4.50. The predicted octanol–water partition coefficient (Wildman–Crippen LogP) is 2.27. The Balaban J connectivity index is 2.00. The minimum absolute atomic E-state index is 0.0593. The number of hydrogen-bond donors (Lipinski definition) is 1. The highest BCUT2D eigenvalue weighted by atomic mass is 32.2. The second-order valence-corrected chi connectivity index (χ2v) is 6.52. The van der Waals surface area contributed by atoms with Gasteiger partial charge in [-0.15, -0.1) is 0 Å². The van der Waals surface area contributed by atoms with Gasteiger partial charge in [0.1, 0.15) is 11.6 Å². The molecule has 0 bridgehead atoms. The molecule has 0 atom stereocenters. The second kappa shape index (κ2) is 7.23. The lowest BCUT2D eigenvalue weighted by Crippen LogP contribution is -2.30. The van der Waals surface area contributed by atoms with Gasteiger partial charge in [-0.1, -0.05) is 18.2 Å². The van der Waals surface area contributed by atoms with Crippen LogP contribution in [-0.2, 0) is 21.2 Å². The van der Waals surface area contributed by atoms with Crippen molar-refractivity contribution in [3.8, 4) is 5.75 Å². The molecule has 2 aromatic rings. The Bertz CT molecular complexity index is 805. The normalized spacial score (nSPS) is 11.0. The molecule has 122 valence electrons. The van der Waals surface area contributed by atoms with Gasteiger partial charge >= 0.3 is 0 Å². The highest BCUT2D eigenvalue weighted by Gasteiger charge is 2.18. The number of amides is 1. The summed E-state index contributed by atoms with van der Waals surface area (Å²) in [4.78, 5) is 11.8. The fraction of sp³-hybridized carbons (Fsp3) is 0.188. The molecule has 0 radical (unpaired) electrons. The Morgan fingerprint density at radius 2 is 1.91 bits per heavy atom. The van der Waals surface area contributed by atoms with Crippen LogP contribution in [0, 0.1) is 5.82 Å². The monoisotopic (exact) mass is 337 g/mol. The van der Waals surface area contributed by atoms with E-state index >= 15 is 0 Å². The van der Waals surface area contributed by atoms with Crippen molar-refractivity contribution < 1.29 is 22.3 Å². The average molecular weight is 337 g/mol. The van der Waals surface area contributed by atoms with Gasteiger partial charge in [-0.25, -0.2) is 17.5 Å². The van der Waals surface area contributed by atoms with Gasteiger partial charge in [0.05, 0.1) is 12.0 Å². The van der Waals surface area contributed by atoms with Crippen LogP contribution in [0.5, 0.6) is 5.75 Å². The Hall–Kier alpha value is -2.41. The van der Waals surface area contributed by atoms with Gasteiger partial charge in [-0.05, 0) is 36.2 Å². The Labute approximate surface area is 134 Å². The molecule has 5 nitrogen and oxygen atoms in total. The summed E-state index contributed by atoms with van der Waals surface area (Å²) in [5.41, 5.74) is 0.624. The quantitative estimate of drug-likeness (QED) is 0.878. The first kappa shape index (κ1) is 17.0. The maximum Gasteiger partial charge on any atom is 0.264 e. The SMILES string of the molecule is COc1cccc(S(=O)(=O)NC(=O)CCc2cccc(F)c2)c1. The molecule has 2 aromatic carbocycles. The van der Waals surface area contributed by atoms with Crippen LogP contribution in [0.1, 0.15) is 12.0 Å². The second-order valence-electron chi connectivity index (χ2n) is 4.84. The zero-order valence-corrected chi connectivity index (χ0v) is 13.3. The Morgan fingerprint density at radius 1 is 1.17 bits per heavy atom. The van der Waals surface area contributed by atoms with Crippen molar-refractivity contribution in [3.05, 3.63) is 59.9 Å². The molecule has 0 heterocycles. The third kappa shape index (κ3) is 4.79. The van der Waals surface area contributed by atoms with Crippen LogP contribution in [0.2, 0.25) is 0 Å². The summed E-state index contributed by atoms with van der Waals surface area (Å²) in [6.45, 7) is 0. The van der Waals surface area contributed by atoms with E-state index in [1.165, 1.54) is 43.5 Å². The molecule has 7 heteroatoms. The Morgan fingerprint density at radius 3 is 2.61 bits per heavy atom. The van der Waals surface area contributed by atoms with E-state index in [2.05, 4.69) is 0 Å². The van der Waals surface area contributed by atoms with E-state index in [0.29, 0.717) is 11.3 Å². The minimum atomic E-state index is -3.96. The van der Waals surface area contributed by atoms with E-state index in [1.807, 2.05) is 4.72 Å². The molecular formula is C16H16FNO4S. The summed E-state index contributed by atoms with van der Waals surface area (Å²) >= 11 is 0. The van der Waals surface area contributed by atoms with Crippen molar-refractivity contribution in [2.24, 2.45) is 0 Å². The number of hydrogen-bond acceptors (Lipinski definition) is 4. The lowest BCUT2D eigenvalue weighted by atomic mass is 10.1.